The predicted octanol–water partition coefficient (Wildman–Crippen LogP) is 3.02. The average Bonchev–Trinajstić information content (AvgIpc) is 2.48. The van der Waals surface area contributed by atoms with Gasteiger partial charge in [-0.25, -0.2) is 0 Å². The second-order valence-corrected chi connectivity index (χ2v) is 5.08. The molecule has 0 saturated carbocycles. The van der Waals surface area contributed by atoms with Gasteiger partial charge in [-0.05, 0) is 36.6 Å². The van der Waals surface area contributed by atoms with E-state index in [4.69, 9.17) is 0 Å². The molecule has 21 heavy (non-hydrogen) atoms. The van der Waals surface area contributed by atoms with Crippen LogP contribution in [0.3, 0.4) is 0 Å². The van der Waals surface area contributed by atoms with Crippen LogP contribution in [0.4, 0.5) is 5.69 Å². The fraction of sp³-hybridized carbons (Fsp3) is 0.250. The second kappa shape index (κ2) is 6.85. The number of nitro groups is 1. The summed E-state index contributed by atoms with van der Waals surface area (Å²) in [5.41, 5.74) is 2.13. The minimum absolute atomic E-state index is 0.112. The van der Waals surface area contributed by atoms with E-state index in [1.54, 1.807) is 24.3 Å². The number of benzene rings is 2. The maximum atomic E-state index is 10.7. The van der Waals surface area contributed by atoms with Gasteiger partial charge in [0.15, 0.2) is 0 Å². The van der Waals surface area contributed by atoms with Crippen LogP contribution in [0, 0.1) is 10.1 Å². The fourth-order valence-corrected chi connectivity index (χ4v) is 2.13. The van der Waals surface area contributed by atoms with E-state index in [9.17, 15) is 15.2 Å². The molecule has 5 heteroatoms. The molecule has 0 saturated heterocycles. The summed E-state index contributed by atoms with van der Waals surface area (Å²) in [6.07, 6.45) is 0.829. The summed E-state index contributed by atoms with van der Waals surface area (Å²) < 4.78 is 0. The first-order chi connectivity index (χ1) is 10.0. The molecule has 0 aliphatic rings. The summed E-state index contributed by atoms with van der Waals surface area (Å²) >= 11 is 0. The molecule has 2 N–H and O–H groups in total. The first kappa shape index (κ1) is 15.0. The minimum Gasteiger partial charge on any atom is -0.508 e. The maximum absolute atomic E-state index is 10.7. The van der Waals surface area contributed by atoms with E-state index in [2.05, 4.69) is 12.2 Å². The molecule has 0 aromatic heterocycles. The highest BCUT2D eigenvalue weighted by atomic mass is 16.6. The van der Waals surface area contributed by atoms with Gasteiger partial charge in [0.25, 0.3) is 5.69 Å². The molecule has 0 spiro atoms. The molecular weight excluding hydrogens is 268 g/mol. The summed E-state index contributed by atoms with van der Waals surface area (Å²) in [4.78, 5) is 10.3. The van der Waals surface area contributed by atoms with E-state index in [1.807, 2.05) is 18.2 Å². The Labute approximate surface area is 123 Å². The van der Waals surface area contributed by atoms with Gasteiger partial charge in [-0.2, -0.15) is 0 Å². The monoisotopic (exact) mass is 286 g/mol. The van der Waals surface area contributed by atoms with Crippen LogP contribution in [-0.4, -0.2) is 16.1 Å². The Kier molecular flexibility index (Phi) is 4.90. The molecule has 0 fully saturated rings. The van der Waals surface area contributed by atoms with Gasteiger partial charge in [-0.15, -0.1) is 0 Å². The van der Waals surface area contributed by atoms with Crippen LogP contribution < -0.4 is 5.32 Å². The van der Waals surface area contributed by atoms with Crippen molar-refractivity contribution in [2.24, 2.45) is 0 Å². The number of nitro benzene ring substituents is 1. The molecule has 0 aliphatic carbocycles. The molecule has 1 unspecified atom stereocenters. The summed E-state index contributed by atoms with van der Waals surface area (Å²) in [7, 11) is 0. The number of hydrogen-bond acceptors (Lipinski definition) is 4. The smallest absolute Gasteiger partial charge is 0.269 e. The molecule has 0 amide bonds. The third-order valence-electron chi connectivity index (χ3n) is 3.25. The van der Waals surface area contributed by atoms with E-state index in [-0.39, 0.29) is 22.4 Å². The van der Waals surface area contributed by atoms with Crippen LogP contribution in [0.5, 0.6) is 5.75 Å². The molecule has 110 valence electrons. The first-order valence-electron chi connectivity index (χ1n) is 6.79. The summed E-state index contributed by atoms with van der Waals surface area (Å²) in [6.45, 7) is 2.64. The predicted molar refractivity (Wildman–Crippen MR) is 81.2 cm³/mol. The van der Waals surface area contributed by atoms with Crippen molar-refractivity contribution in [3.05, 3.63) is 69.8 Å². The molecule has 1 atom stereocenters. The Morgan fingerprint density at radius 1 is 1.19 bits per heavy atom. The summed E-state index contributed by atoms with van der Waals surface area (Å²) in [5.74, 6) is 0.260. The average molecular weight is 286 g/mol. The molecule has 0 radical (unpaired) electrons. The van der Waals surface area contributed by atoms with Crippen LogP contribution >= 0.6 is 0 Å². The largest absolute Gasteiger partial charge is 0.508 e. The van der Waals surface area contributed by atoms with E-state index in [1.165, 1.54) is 6.07 Å². The Hall–Kier alpha value is -2.40. The summed E-state index contributed by atoms with van der Waals surface area (Å²) in [6, 6.07) is 14.0. The van der Waals surface area contributed by atoms with Crippen molar-refractivity contribution in [3.8, 4) is 5.75 Å². The molecule has 5 nitrogen and oxygen atoms in total. The fourth-order valence-electron chi connectivity index (χ4n) is 2.13. The van der Waals surface area contributed by atoms with Crippen molar-refractivity contribution in [2.75, 3.05) is 0 Å². The van der Waals surface area contributed by atoms with Crippen molar-refractivity contribution in [1.29, 1.82) is 0 Å². The number of non-ortho nitro benzene ring substituents is 1. The van der Waals surface area contributed by atoms with Gasteiger partial charge < -0.3 is 10.4 Å². The van der Waals surface area contributed by atoms with Crippen LogP contribution in [0.2, 0.25) is 0 Å². The number of nitrogens with one attached hydrogen (secondary N) is 1. The topological polar surface area (TPSA) is 75.4 Å². The lowest BCUT2D eigenvalue weighted by molar-refractivity contribution is -0.384. The van der Waals surface area contributed by atoms with Crippen LogP contribution in [-0.2, 0) is 13.0 Å². The van der Waals surface area contributed by atoms with Gasteiger partial charge in [0.1, 0.15) is 5.75 Å². The van der Waals surface area contributed by atoms with E-state index in [0.717, 1.165) is 17.5 Å². The molecule has 0 bridgehead atoms. The van der Waals surface area contributed by atoms with Gasteiger partial charge in [0.05, 0.1) is 4.92 Å². The van der Waals surface area contributed by atoms with E-state index >= 15 is 0 Å². The lowest BCUT2D eigenvalue weighted by Crippen LogP contribution is -2.27. The molecule has 0 heterocycles. The van der Waals surface area contributed by atoms with Gasteiger partial charge in [0, 0.05) is 24.7 Å². The second-order valence-electron chi connectivity index (χ2n) is 5.08. The van der Waals surface area contributed by atoms with Crippen molar-refractivity contribution in [2.45, 2.75) is 25.9 Å². The number of aromatic hydroxyl groups is 1. The number of rotatable bonds is 6. The first-order valence-corrected chi connectivity index (χ1v) is 6.79. The van der Waals surface area contributed by atoms with Crippen LogP contribution in [0.15, 0.2) is 48.5 Å². The normalized spacial score (nSPS) is 12.0. The van der Waals surface area contributed by atoms with Gasteiger partial charge in [0.2, 0.25) is 0 Å². The van der Waals surface area contributed by atoms with Crippen molar-refractivity contribution < 1.29 is 10.0 Å². The standard InChI is InChI=1S/C16H18N2O3/c1-12(9-13-5-7-16(19)8-6-13)17-11-14-3-2-4-15(10-14)18(20)21/h2-8,10,12,17,19H,9,11H2,1H3. The van der Waals surface area contributed by atoms with Crippen molar-refractivity contribution in [3.63, 3.8) is 0 Å². The Morgan fingerprint density at radius 2 is 1.90 bits per heavy atom. The Bertz CT molecular complexity index is 611. The Morgan fingerprint density at radius 3 is 2.57 bits per heavy atom. The Balaban J connectivity index is 1.89. The zero-order chi connectivity index (χ0) is 15.2. The highest BCUT2D eigenvalue weighted by Gasteiger charge is 2.07. The number of hydrogen-bond donors (Lipinski definition) is 2. The lowest BCUT2D eigenvalue weighted by atomic mass is 10.1. The number of nitrogens with zero attached hydrogens (tertiary/aromatic N) is 1. The quantitative estimate of drug-likeness (QED) is 0.632. The zero-order valence-corrected chi connectivity index (χ0v) is 11.8. The SMILES string of the molecule is CC(Cc1ccc(O)cc1)NCc1cccc([N+](=O)[O-])c1. The van der Waals surface area contributed by atoms with Gasteiger partial charge in [-0.3, -0.25) is 10.1 Å². The summed E-state index contributed by atoms with van der Waals surface area (Å²) in [5, 5.41) is 23.3. The number of phenols is 1. The third kappa shape index (κ3) is 4.57. The molecule has 2 rings (SSSR count). The van der Waals surface area contributed by atoms with E-state index in [0.29, 0.717) is 6.54 Å². The van der Waals surface area contributed by atoms with Crippen LogP contribution in [0.1, 0.15) is 18.1 Å². The third-order valence-corrected chi connectivity index (χ3v) is 3.25. The van der Waals surface area contributed by atoms with Crippen molar-refractivity contribution in [1.82, 2.24) is 5.32 Å². The molecule has 2 aromatic rings. The van der Waals surface area contributed by atoms with Gasteiger partial charge in [-0.1, -0.05) is 24.3 Å². The number of phenolic OH excluding ortho intramolecular Hbond substituents is 1. The zero-order valence-electron chi connectivity index (χ0n) is 11.8. The maximum Gasteiger partial charge on any atom is 0.269 e. The highest BCUT2D eigenvalue weighted by molar-refractivity contribution is 5.34. The minimum atomic E-state index is -0.386. The van der Waals surface area contributed by atoms with Crippen LogP contribution in [0.25, 0.3) is 0 Å². The van der Waals surface area contributed by atoms with E-state index < -0.39 is 0 Å². The molecule has 2 aromatic carbocycles. The lowest BCUT2D eigenvalue weighted by Gasteiger charge is -2.14. The molecule has 0 aliphatic heterocycles. The van der Waals surface area contributed by atoms with Crippen molar-refractivity contribution >= 4 is 5.69 Å². The van der Waals surface area contributed by atoms with Gasteiger partial charge >= 0.3 is 0 Å². The molecular formula is C16H18N2O3. The highest BCUT2D eigenvalue weighted by Crippen LogP contribution is 2.14.